The van der Waals surface area contributed by atoms with E-state index in [-0.39, 0.29) is 24.3 Å². The van der Waals surface area contributed by atoms with Crippen LogP contribution >= 0.6 is 11.3 Å². The molecule has 3 heterocycles. The Morgan fingerprint density at radius 1 is 1.05 bits per heavy atom. The number of hydrogen-bond donors (Lipinski definition) is 3. The summed E-state index contributed by atoms with van der Waals surface area (Å²) in [7, 11) is 0. The molecular weight excluding hydrogens is 526 g/mol. The molecule has 0 radical (unpaired) electrons. The van der Waals surface area contributed by atoms with E-state index < -0.39 is 6.04 Å². The Balaban J connectivity index is 1.21. The van der Waals surface area contributed by atoms with Gasteiger partial charge in [0.05, 0.1) is 25.0 Å². The molecule has 4 aromatic rings. The van der Waals surface area contributed by atoms with Crippen molar-refractivity contribution in [2.24, 2.45) is 0 Å². The van der Waals surface area contributed by atoms with E-state index in [1.165, 1.54) is 0 Å². The number of aromatic nitrogens is 3. The minimum Gasteiger partial charge on any atom is -0.349 e. The van der Waals surface area contributed by atoms with Crippen LogP contribution in [0.2, 0.25) is 0 Å². The summed E-state index contributed by atoms with van der Waals surface area (Å²) in [4.78, 5) is 40.7. The van der Waals surface area contributed by atoms with Gasteiger partial charge in [0.15, 0.2) is 0 Å². The Bertz CT molecular complexity index is 1440. The fourth-order valence-corrected chi connectivity index (χ4v) is 5.22. The van der Waals surface area contributed by atoms with E-state index in [2.05, 4.69) is 26.3 Å². The van der Waals surface area contributed by atoms with E-state index in [0.29, 0.717) is 44.7 Å². The third-order valence-corrected chi connectivity index (χ3v) is 7.53. The normalized spacial score (nSPS) is 13.6. The van der Waals surface area contributed by atoms with E-state index in [1.807, 2.05) is 72.1 Å². The van der Waals surface area contributed by atoms with Crippen LogP contribution in [0.3, 0.4) is 0 Å². The summed E-state index contributed by atoms with van der Waals surface area (Å²) in [5, 5.41) is 19.1. The van der Waals surface area contributed by atoms with Crippen LogP contribution in [0.4, 0.5) is 4.79 Å². The lowest BCUT2D eigenvalue weighted by molar-refractivity contribution is -0.129. The van der Waals surface area contributed by atoms with E-state index in [0.717, 1.165) is 21.7 Å². The summed E-state index contributed by atoms with van der Waals surface area (Å²) >= 11 is 1.58. The number of aryl methyl sites for hydroxylation is 1. The maximum Gasteiger partial charge on any atom is 0.317 e. The van der Waals surface area contributed by atoms with Gasteiger partial charge in [-0.05, 0) is 35.1 Å². The van der Waals surface area contributed by atoms with Gasteiger partial charge in [-0.25, -0.2) is 9.48 Å². The fourth-order valence-electron chi connectivity index (χ4n) is 4.58. The number of benzene rings is 2. The zero-order valence-corrected chi connectivity index (χ0v) is 22.8. The summed E-state index contributed by atoms with van der Waals surface area (Å²) in [5.74, 6) is -0.422. The van der Waals surface area contributed by atoms with Crippen LogP contribution in [-0.4, -0.2) is 56.9 Å². The summed E-state index contributed by atoms with van der Waals surface area (Å²) in [5.41, 5.74) is 3.39. The summed E-state index contributed by atoms with van der Waals surface area (Å²) in [6, 6.07) is 20.5. The fraction of sp³-hybridized carbons (Fsp3) is 0.276. The van der Waals surface area contributed by atoms with Crippen LogP contribution in [0, 0.1) is 0 Å². The van der Waals surface area contributed by atoms with Gasteiger partial charge in [-0.2, -0.15) is 0 Å². The Morgan fingerprint density at radius 3 is 2.65 bits per heavy atom. The molecule has 1 saturated heterocycles. The predicted octanol–water partition coefficient (Wildman–Crippen LogP) is 2.83. The molecule has 2 aromatic carbocycles. The van der Waals surface area contributed by atoms with Gasteiger partial charge < -0.3 is 20.9 Å². The molecule has 40 heavy (non-hydrogen) atoms. The molecule has 0 aliphatic carbocycles. The molecule has 3 N–H and O–H groups in total. The average Bonchev–Trinajstić information content (AvgIpc) is 3.75. The first-order chi connectivity index (χ1) is 19.5. The molecule has 0 unspecified atom stereocenters. The van der Waals surface area contributed by atoms with Gasteiger partial charge in [0.1, 0.15) is 11.7 Å². The highest BCUT2D eigenvalue weighted by Gasteiger charge is 2.23. The molecule has 0 saturated carbocycles. The maximum atomic E-state index is 13.1. The zero-order chi connectivity index (χ0) is 27.7. The third-order valence-electron chi connectivity index (χ3n) is 6.65. The van der Waals surface area contributed by atoms with Crippen LogP contribution in [0.15, 0.2) is 78.3 Å². The molecule has 206 valence electrons. The number of rotatable bonds is 12. The quantitative estimate of drug-likeness (QED) is 0.247. The molecule has 10 nitrogen and oxygen atoms in total. The van der Waals surface area contributed by atoms with Crippen molar-refractivity contribution >= 4 is 29.2 Å². The number of thiophene rings is 1. The second-order valence-corrected chi connectivity index (χ2v) is 10.6. The first kappa shape index (κ1) is 27.1. The standard InChI is InChI=1S/C29H31N7O3S/c37-27(32-25(17-21-7-2-1-3-8-21)28(38)31-18-24-10-6-16-40-24)13-12-22-9-4-5-11-26(22)36-20-23(33-34-36)19-35-15-14-30-29(35)39/h1-11,16,20,25H,12-15,17-19H2,(H,30,39)(H,31,38)(H,32,37)/t25-/m0/s1. The average molecular weight is 558 g/mol. The lowest BCUT2D eigenvalue weighted by atomic mass is 10.0. The Labute approximate surface area is 236 Å². The summed E-state index contributed by atoms with van der Waals surface area (Å²) in [6.07, 6.45) is 2.87. The molecule has 11 heteroatoms. The molecule has 1 atom stereocenters. The number of nitrogens with one attached hydrogen (secondary N) is 3. The number of hydrogen-bond acceptors (Lipinski definition) is 6. The molecule has 0 spiro atoms. The highest BCUT2D eigenvalue weighted by Crippen LogP contribution is 2.17. The summed E-state index contributed by atoms with van der Waals surface area (Å²) < 4.78 is 1.67. The van der Waals surface area contributed by atoms with Crippen molar-refractivity contribution in [2.45, 2.75) is 38.4 Å². The van der Waals surface area contributed by atoms with E-state index in [9.17, 15) is 14.4 Å². The SMILES string of the molecule is O=C(CCc1ccccc1-n1cc(CN2CCNC2=O)nn1)N[C@@H](Cc1ccccc1)C(=O)NCc1cccs1. The van der Waals surface area contributed by atoms with E-state index in [4.69, 9.17) is 0 Å². The van der Waals surface area contributed by atoms with Crippen molar-refractivity contribution in [1.82, 2.24) is 35.8 Å². The highest BCUT2D eigenvalue weighted by atomic mass is 32.1. The van der Waals surface area contributed by atoms with Crippen molar-refractivity contribution in [1.29, 1.82) is 0 Å². The number of para-hydroxylation sites is 1. The first-order valence-electron chi connectivity index (χ1n) is 13.2. The van der Waals surface area contributed by atoms with Crippen LogP contribution in [-0.2, 0) is 35.5 Å². The van der Waals surface area contributed by atoms with Crippen molar-refractivity contribution in [3.8, 4) is 5.69 Å². The topological polar surface area (TPSA) is 121 Å². The van der Waals surface area contributed by atoms with Gasteiger partial charge in [-0.15, -0.1) is 16.4 Å². The first-order valence-corrected chi connectivity index (χ1v) is 14.1. The number of carbonyl (C=O) groups excluding carboxylic acids is 3. The van der Waals surface area contributed by atoms with Crippen LogP contribution < -0.4 is 16.0 Å². The zero-order valence-electron chi connectivity index (χ0n) is 22.0. The lowest BCUT2D eigenvalue weighted by Gasteiger charge is -2.19. The minimum absolute atomic E-state index is 0.105. The number of urea groups is 1. The van der Waals surface area contributed by atoms with Crippen LogP contribution in [0.1, 0.15) is 28.1 Å². The molecule has 1 fully saturated rings. The lowest BCUT2D eigenvalue weighted by Crippen LogP contribution is -2.47. The number of nitrogens with zero attached hydrogens (tertiary/aromatic N) is 4. The Kier molecular flexibility index (Phi) is 8.82. The van der Waals surface area contributed by atoms with Gasteiger partial charge in [0, 0.05) is 30.8 Å². The van der Waals surface area contributed by atoms with Gasteiger partial charge >= 0.3 is 6.03 Å². The van der Waals surface area contributed by atoms with Crippen molar-refractivity contribution in [2.75, 3.05) is 13.1 Å². The maximum absolute atomic E-state index is 13.1. The van der Waals surface area contributed by atoms with Crippen molar-refractivity contribution in [3.63, 3.8) is 0 Å². The Hall–Kier alpha value is -4.51. The number of carbonyl (C=O) groups is 3. The molecular formula is C29H31N7O3S. The molecule has 0 bridgehead atoms. The molecule has 4 amide bonds. The molecule has 1 aliphatic rings. The molecule has 2 aromatic heterocycles. The van der Waals surface area contributed by atoms with Gasteiger partial charge in [-0.3, -0.25) is 9.59 Å². The second kappa shape index (κ2) is 13.0. The third kappa shape index (κ3) is 7.11. The second-order valence-electron chi connectivity index (χ2n) is 9.54. The molecule has 1 aliphatic heterocycles. The Morgan fingerprint density at radius 2 is 1.88 bits per heavy atom. The number of amides is 4. The van der Waals surface area contributed by atoms with Gasteiger partial charge in [-0.1, -0.05) is 59.8 Å². The van der Waals surface area contributed by atoms with Crippen LogP contribution in [0.5, 0.6) is 0 Å². The van der Waals surface area contributed by atoms with Gasteiger partial charge in [0.2, 0.25) is 11.8 Å². The predicted molar refractivity (Wildman–Crippen MR) is 152 cm³/mol. The summed E-state index contributed by atoms with van der Waals surface area (Å²) in [6.45, 7) is 2.07. The van der Waals surface area contributed by atoms with Crippen molar-refractivity contribution in [3.05, 3.63) is 100 Å². The minimum atomic E-state index is -0.689. The largest absolute Gasteiger partial charge is 0.349 e. The molecule has 5 rings (SSSR count). The van der Waals surface area contributed by atoms with Crippen molar-refractivity contribution < 1.29 is 14.4 Å². The van der Waals surface area contributed by atoms with Crippen LogP contribution in [0.25, 0.3) is 5.69 Å². The smallest absolute Gasteiger partial charge is 0.317 e. The van der Waals surface area contributed by atoms with E-state index >= 15 is 0 Å². The van der Waals surface area contributed by atoms with Gasteiger partial charge in [0.25, 0.3) is 0 Å². The van der Waals surface area contributed by atoms with E-state index in [1.54, 1.807) is 27.1 Å². The highest BCUT2D eigenvalue weighted by molar-refractivity contribution is 7.09. The monoisotopic (exact) mass is 557 g/mol.